The van der Waals surface area contributed by atoms with Crippen molar-refractivity contribution in [2.75, 3.05) is 0 Å². The molecule has 0 unspecified atom stereocenters. The first kappa shape index (κ1) is 14.3. The van der Waals surface area contributed by atoms with Gasteiger partial charge in [0.05, 0.1) is 11.1 Å². The van der Waals surface area contributed by atoms with E-state index in [0.29, 0.717) is 10.4 Å². The van der Waals surface area contributed by atoms with Crippen molar-refractivity contribution in [3.05, 3.63) is 22.4 Å². The number of fused-ring (bicyclic) bond motifs is 1. The Morgan fingerprint density at radius 1 is 0.895 bits per heavy atom. The molecule has 4 nitrogen and oxygen atoms in total. The third-order valence-electron chi connectivity index (χ3n) is 2.81. The maximum Gasteiger partial charge on any atom is 0.198 e. The van der Waals surface area contributed by atoms with Crippen LogP contribution in [-0.2, 0) is 10.8 Å². The smallest absolute Gasteiger partial charge is 0.198 e. The van der Waals surface area contributed by atoms with Crippen LogP contribution in [0.25, 0.3) is 11.0 Å². The second-order valence-electron chi connectivity index (χ2n) is 6.77. The lowest BCUT2D eigenvalue weighted by molar-refractivity contribution is 0.519. The van der Waals surface area contributed by atoms with Crippen LogP contribution >= 0.6 is 15.9 Å². The van der Waals surface area contributed by atoms with Gasteiger partial charge < -0.3 is 0 Å². The molecule has 0 bridgehead atoms. The monoisotopic (exact) mass is 322 g/mol. The van der Waals surface area contributed by atoms with Gasteiger partial charge in [0.15, 0.2) is 10.4 Å². The highest BCUT2D eigenvalue weighted by Gasteiger charge is 2.25. The Kier molecular flexibility index (Phi) is 3.37. The Morgan fingerprint density at radius 2 is 1.53 bits per heavy atom. The van der Waals surface area contributed by atoms with Crippen LogP contribution in [0.5, 0.6) is 0 Å². The fraction of sp³-hybridized carbons (Fsp3) is 0.571. The molecule has 0 amide bonds. The standard InChI is InChI=1S/C14H19BrN4/c1-13(2,3)9-8-7-16-12(15)19-10(8)18-11(17-9)14(4,5)6/h7H,1-6H3. The van der Waals surface area contributed by atoms with Gasteiger partial charge in [0.25, 0.3) is 0 Å². The Bertz CT molecular complexity index is 624. The number of hydrogen-bond acceptors (Lipinski definition) is 4. The summed E-state index contributed by atoms with van der Waals surface area (Å²) in [6.45, 7) is 12.8. The molecule has 2 heterocycles. The van der Waals surface area contributed by atoms with Gasteiger partial charge in [0, 0.05) is 17.0 Å². The van der Waals surface area contributed by atoms with Crippen LogP contribution in [0.2, 0.25) is 0 Å². The first-order valence-electron chi connectivity index (χ1n) is 6.30. The molecule has 0 fully saturated rings. The molecule has 0 saturated heterocycles. The second-order valence-corrected chi connectivity index (χ2v) is 7.48. The van der Waals surface area contributed by atoms with Gasteiger partial charge in [-0.1, -0.05) is 41.5 Å². The van der Waals surface area contributed by atoms with Gasteiger partial charge in [-0.2, -0.15) is 0 Å². The molecule has 0 radical (unpaired) electrons. The lowest BCUT2D eigenvalue weighted by atomic mass is 9.88. The lowest BCUT2D eigenvalue weighted by Gasteiger charge is -2.23. The van der Waals surface area contributed by atoms with Crippen molar-refractivity contribution < 1.29 is 0 Å². The molecule has 2 rings (SSSR count). The largest absolute Gasteiger partial charge is 0.236 e. The van der Waals surface area contributed by atoms with Crippen LogP contribution in [0.3, 0.4) is 0 Å². The first-order valence-corrected chi connectivity index (χ1v) is 7.09. The van der Waals surface area contributed by atoms with E-state index in [0.717, 1.165) is 16.9 Å². The minimum atomic E-state index is -0.106. The molecule has 2 aromatic heterocycles. The third-order valence-corrected chi connectivity index (χ3v) is 3.19. The molecule has 19 heavy (non-hydrogen) atoms. The van der Waals surface area contributed by atoms with Crippen LogP contribution in [-0.4, -0.2) is 19.9 Å². The predicted molar refractivity (Wildman–Crippen MR) is 80.2 cm³/mol. The van der Waals surface area contributed by atoms with Crippen LogP contribution in [0, 0.1) is 0 Å². The minimum Gasteiger partial charge on any atom is -0.236 e. The van der Waals surface area contributed by atoms with Gasteiger partial charge in [0.2, 0.25) is 0 Å². The van der Waals surface area contributed by atoms with Gasteiger partial charge in [-0.25, -0.2) is 19.9 Å². The van der Waals surface area contributed by atoms with E-state index in [1.165, 1.54) is 0 Å². The third kappa shape index (κ3) is 2.91. The SMILES string of the molecule is CC(C)(C)c1nc(C(C)(C)C)c2cnc(Br)nc2n1. The first-order chi connectivity index (χ1) is 8.59. The quantitative estimate of drug-likeness (QED) is 0.692. The van der Waals surface area contributed by atoms with Crippen molar-refractivity contribution in [1.29, 1.82) is 0 Å². The molecule has 0 aliphatic heterocycles. The van der Waals surface area contributed by atoms with Crippen molar-refractivity contribution in [2.24, 2.45) is 0 Å². The molecule has 5 heteroatoms. The van der Waals surface area contributed by atoms with E-state index in [1.807, 2.05) is 0 Å². The molecule has 0 N–H and O–H groups in total. The normalized spacial score (nSPS) is 13.0. The van der Waals surface area contributed by atoms with E-state index in [9.17, 15) is 0 Å². The molecule has 0 aliphatic carbocycles. The summed E-state index contributed by atoms with van der Waals surface area (Å²) in [6, 6.07) is 0. The highest BCUT2D eigenvalue weighted by Crippen LogP contribution is 2.29. The van der Waals surface area contributed by atoms with E-state index >= 15 is 0 Å². The summed E-state index contributed by atoms with van der Waals surface area (Å²) >= 11 is 3.30. The average Bonchev–Trinajstić information content (AvgIpc) is 2.24. The average molecular weight is 323 g/mol. The van der Waals surface area contributed by atoms with Crippen LogP contribution < -0.4 is 0 Å². The molecule has 2 aromatic rings. The zero-order chi connectivity index (χ0) is 14.4. The fourth-order valence-electron chi connectivity index (χ4n) is 1.80. The molecule has 0 aliphatic rings. The minimum absolute atomic E-state index is 0.0711. The van der Waals surface area contributed by atoms with Gasteiger partial charge in [-0.3, -0.25) is 0 Å². The zero-order valence-electron chi connectivity index (χ0n) is 12.2. The van der Waals surface area contributed by atoms with Gasteiger partial charge in [-0.05, 0) is 15.9 Å². The summed E-state index contributed by atoms with van der Waals surface area (Å²) < 4.78 is 0.554. The number of halogens is 1. The summed E-state index contributed by atoms with van der Waals surface area (Å²) in [7, 11) is 0. The molecule has 0 aromatic carbocycles. The molecule has 102 valence electrons. The van der Waals surface area contributed by atoms with E-state index in [2.05, 4.69) is 72.4 Å². The number of rotatable bonds is 0. The molecule has 0 saturated carbocycles. The van der Waals surface area contributed by atoms with Gasteiger partial charge in [0.1, 0.15) is 5.82 Å². The topological polar surface area (TPSA) is 51.6 Å². The number of hydrogen-bond donors (Lipinski definition) is 0. The van der Waals surface area contributed by atoms with Crippen molar-refractivity contribution in [2.45, 2.75) is 52.4 Å². The van der Waals surface area contributed by atoms with E-state index < -0.39 is 0 Å². The summed E-state index contributed by atoms with van der Waals surface area (Å²) in [4.78, 5) is 17.9. The van der Waals surface area contributed by atoms with Gasteiger partial charge >= 0.3 is 0 Å². The highest BCUT2D eigenvalue weighted by atomic mass is 79.9. The zero-order valence-corrected chi connectivity index (χ0v) is 13.8. The van der Waals surface area contributed by atoms with Crippen LogP contribution in [0.4, 0.5) is 0 Å². The second kappa shape index (κ2) is 4.47. The van der Waals surface area contributed by atoms with Crippen LogP contribution in [0.1, 0.15) is 53.1 Å². The molecule has 0 spiro atoms. The van der Waals surface area contributed by atoms with Gasteiger partial charge in [-0.15, -0.1) is 0 Å². The summed E-state index contributed by atoms with van der Waals surface area (Å²) in [6.07, 6.45) is 1.79. The number of nitrogens with zero attached hydrogens (tertiary/aromatic N) is 4. The Morgan fingerprint density at radius 3 is 2.05 bits per heavy atom. The van der Waals surface area contributed by atoms with E-state index in [-0.39, 0.29) is 10.8 Å². The van der Waals surface area contributed by atoms with E-state index in [1.54, 1.807) is 6.20 Å². The van der Waals surface area contributed by atoms with Crippen molar-refractivity contribution in [1.82, 2.24) is 19.9 Å². The van der Waals surface area contributed by atoms with Crippen molar-refractivity contribution >= 4 is 27.0 Å². The summed E-state index contributed by atoms with van der Waals surface area (Å²) in [5, 5.41) is 0.920. The van der Waals surface area contributed by atoms with Crippen molar-refractivity contribution in [3.8, 4) is 0 Å². The Balaban J connectivity index is 2.84. The summed E-state index contributed by atoms with van der Waals surface area (Å²) in [5.41, 5.74) is 1.52. The lowest BCUT2D eigenvalue weighted by Crippen LogP contribution is -2.22. The molecular weight excluding hydrogens is 304 g/mol. The highest BCUT2D eigenvalue weighted by molar-refractivity contribution is 9.10. The summed E-state index contributed by atoms with van der Waals surface area (Å²) in [5.74, 6) is 0.815. The van der Waals surface area contributed by atoms with E-state index in [4.69, 9.17) is 4.98 Å². The molecule has 0 atom stereocenters. The molecular formula is C14H19BrN4. The number of aromatic nitrogens is 4. The predicted octanol–water partition coefficient (Wildman–Crippen LogP) is 3.78. The fourth-order valence-corrected chi connectivity index (χ4v) is 2.07. The Labute approximate surface area is 122 Å². The van der Waals surface area contributed by atoms with Crippen LogP contribution in [0.15, 0.2) is 10.9 Å². The van der Waals surface area contributed by atoms with Crippen molar-refractivity contribution in [3.63, 3.8) is 0 Å². The Hall–Kier alpha value is -1.10. The maximum absolute atomic E-state index is 4.77. The maximum atomic E-state index is 4.77.